The molecule has 1 heterocycles. The molecule has 0 saturated carbocycles. The minimum Gasteiger partial charge on any atom is -0.496 e. The summed E-state index contributed by atoms with van der Waals surface area (Å²) in [5, 5.41) is 0. The van der Waals surface area contributed by atoms with Crippen LogP contribution in [0.1, 0.15) is 41.1 Å². The van der Waals surface area contributed by atoms with E-state index in [2.05, 4.69) is 0 Å². The Labute approximate surface area is 163 Å². The third-order valence-electron chi connectivity index (χ3n) is 5.00. The third kappa shape index (κ3) is 3.93. The number of ether oxygens (including phenoxy) is 2. The van der Waals surface area contributed by atoms with Crippen LogP contribution in [-0.2, 0) is 9.53 Å². The van der Waals surface area contributed by atoms with Crippen LogP contribution in [-0.4, -0.2) is 32.6 Å². The first-order valence-electron chi connectivity index (χ1n) is 9.06. The molecule has 0 aromatic heterocycles. The molecule has 1 atom stereocenters. The molecule has 1 aliphatic heterocycles. The van der Waals surface area contributed by atoms with Crippen LogP contribution >= 0.6 is 0 Å². The second-order valence-corrected chi connectivity index (χ2v) is 6.74. The highest BCUT2D eigenvalue weighted by Crippen LogP contribution is 2.38. The monoisotopic (exact) mass is 386 g/mol. The predicted molar refractivity (Wildman–Crippen MR) is 104 cm³/mol. The van der Waals surface area contributed by atoms with Crippen LogP contribution in [0.3, 0.4) is 0 Å². The number of amides is 1. The van der Waals surface area contributed by atoms with Crippen LogP contribution in [0.25, 0.3) is 0 Å². The Kier molecular flexibility index (Phi) is 5.82. The molecule has 28 heavy (non-hydrogen) atoms. The number of anilines is 2. The van der Waals surface area contributed by atoms with Crippen molar-refractivity contribution in [3.63, 3.8) is 0 Å². The van der Waals surface area contributed by atoms with Crippen molar-refractivity contribution < 1.29 is 23.5 Å². The summed E-state index contributed by atoms with van der Waals surface area (Å²) in [7, 11) is 2.80. The number of esters is 1. The number of methoxy groups -OCH3 is 2. The summed E-state index contributed by atoms with van der Waals surface area (Å²) in [4.78, 5) is 26.7. The van der Waals surface area contributed by atoms with Crippen molar-refractivity contribution in [1.29, 1.82) is 0 Å². The van der Waals surface area contributed by atoms with Crippen molar-refractivity contribution in [2.45, 2.75) is 25.2 Å². The maximum absolute atomic E-state index is 14.0. The first kappa shape index (κ1) is 19.7. The fourth-order valence-electron chi connectivity index (χ4n) is 3.61. The van der Waals surface area contributed by atoms with E-state index in [0.29, 0.717) is 47.6 Å². The van der Waals surface area contributed by atoms with Gasteiger partial charge < -0.3 is 20.1 Å². The van der Waals surface area contributed by atoms with Gasteiger partial charge in [-0.25, -0.2) is 4.39 Å². The van der Waals surface area contributed by atoms with Gasteiger partial charge in [0.05, 0.1) is 26.2 Å². The van der Waals surface area contributed by atoms with E-state index in [1.54, 1.807) is 29.2 Å². The molecule has 0 spiro atoms. The third-order valence-corrected chi connectivity index (χ3v) is 5.00. The molecule has 1 aliphatic rings. The normalized spacial score (nSPS) is 16.1. The molecule has 2 N–H and O–H groups in total. The van der Waals surface area contributed by atoms with Crippen molar-refractivity contribution in [1.82, 2.24) is 0 Å². The Morgan fingerprint density at radius 3 is 2.71 bits per heavy atom. The van der Waals surface area contributed by atoms with E-state index in [4.69, 9.17) is 15.2 Å². The van der Waals surface area contributed by atoms with Gasteiger partial charge >= 0.3 is 5.97 Å². The van der Waals surface area contributed by atoms with E-state index in [1.165, 1.54) is 26.4 Å². The maximum Gasteiger partial charge on any atom is 0.306 e. The molecule has 6 nitrogen and oxygen atoms in total. The molecular formula is C21H23FN2O4. The minimum atomic E-state index is -0.409. The molecule has 7 heteroatoms. The van der Waals surface area contributed by atoms with E-state index < -0.39 is 5.82 Å². The van der Waals surface area contributed by atoms with Gasteiger partial charge in [0.25, 0.3) is 5.91 Å². The summed E-state index contributed by atoms with van der Waals surface area (Å²) in [5.41, 5.74) is 7.88. The van der Waals surface area contributed by atoms with Gasteiger partial charge in [-0.1, -0.05) is 0 Å². The molecule has 3 rings (SSSR count). The topological polar surface area (TPSA) is 81.9 Å². The van der Waals surface area contributed by atoms with Crippen molar-refractivity contribution in [3.05, 3.63) is 53.3 Å². The van der Waals surface area contributed by atoms with Crippen molar-refractivity contribution >= 4 is 23.3 Å². The van der Waals surface area contributed by atoms with Crippen LogP contribution in [0.15, 0.2) is 36.4 Å². The average molecular weight is 386 g/mol. The van der Waals surface area contributed by atoms with E-state index in [9.17, 15) is 14.0 Å². The average Bonchev–Trinajstić information content (AvgIpc) is 2.86. The highest BCUT2D eigenvalue weighted by Gasteiger charge is 2.30. The van der Waals surface area contributed by atoms with Gasteiger partial charge in [-0.15, -0.1) is 0 Å². The van der Waals surface area contributed by atoms with Gasteiger partial charge in [0.15, 0.2) is 0 Å². The SMILES string of the molecule is COC(=O)CC1CCCN(C(=O)c2ccc(N)cc2OC)c2ccc(F)cc21. The number of benzene rings is 2. The number of hydrogen-bond donors (Lipinski definition) is 1. The summed E-state index contributed by atoms with van der Waals surface area (Å²) in [6.07, 6.45) is 1.45. The second-order valence-electron chi connectivity index (χ2n) is 6.74. The second kappa shape index (κ2) is 8.29. The van der Waals surface area contributed by atoms with Gasteiger partial charge in [0.2, 0.25) is 0 Å². The zero-order valence-corrected chi connectivity index (χ0v) is 15.9. The quantitative estimate of drug-likeness (QED) is 0.642. The Morgan fingerprint density at radius 2 is 2.00 bits per heavy atom. The summed E-state index contributed by atoms with van der Waals surface area (Å²) < 4.78 is 24.1. The lowest BCUT2D eigenvalue weighted by atomic mass is 9.91. The largest absolute Gasteiger partial charge is 0.496 e. The first-order valence-corrected chi connectivity index (χ1v) is 9.06. The highest BCUT2D eigenvalue weighted by atomic mass is 19.1. The number of nitrogens with two attached hydrogens (primary N) is 1. The van der Waals surface area contributed by atoms with Gasteiger partial charge in [-0.05, 0) is 54.7 Å². The van der Waals surface area contributed by atoms with E-state index in [1.807, 2.05) is 0 Å². The van der Waals surface area contributed by atoms with Crippen LogP contribution < -0.4 is 15.4 Å². The van der Waals surface area contributed by atoms with Crippen LogP contribution in [0.5, 0.6) is 5.75 Å². The zero-order valence-electron chi connectivity index (χ0n) is 15.9. The Balaban J connectivity index is 2.03. The number of nitrogen functional groups attached to an aromatic ring is 1. The molecule has 0 aliphatic carbocycles. The Bertz CT molecular complexity index is 900. The molecule has 1 unspecified atom stereocenters. The molecule has 0 radical (unpaired) electrons. The Morgan fingerprint density at radius 1 is 1.21 bits per heavy atom. The number of carbonyl (C=O) groups excluding carboxylic acids is 2. The molecule has 0 saturated heterocycles. The molecule has 2 aromatic rings. The van der Waals surface area contributed by atoms with Crippen LogP contribution in [0.2, 0.25) is 0 Å². The smallest absolute Gasteiger partial charge is 0.306 e. The van der Waals surface area contributed by atoms with Gasteiger partial charge in [0.1, 0.15) is 11.6 Å². The minimum absolute atomic E-state index is 0.139. The van der Waals surface area contributed by atoms with Crippen molar-refractivity contribution in [2.24, 2.45) is 0 Å². The van der Waals surface area contributed by atoms with E-state index >= 15 is 0 Å². The van der Waals surface area contributed by atoms with E-state index in [0.717, 1.165) is 0 Å². The number of nitrogens with zero attached hydrogens (tertiary/aromatic N) is 1. The van der Waals surface area contributed by atoms with Gasteiger partial charge in [-0.3, -0.25) is 9.59 Å². The number of fused-ring (bicyclic) bond motifs is 1. The van der Waals surface area contributed by atoms with Crippen molar-refractivity contribution in [3.8, 4) is 5.75 Å². The lowest BCUT2D eigenvalue weighted by molar-refractivity contribution is -0.141. The number of carbonyl (C=O) groups is 2. The number of rotatable bonds is 4. The zero-order chi connectivity index (χ0) is 20.3. The molecule has 0 bridgehead atoms. The molecule has 148 valence electrons. The Hall–Kier alpha value is -3.09. The van der Waals surface area contributed by atoms with Crippen LogP contribution in [0, 0.1) is 5.82 Å². The number of hydrogen-bond acceptors (Lipinski definition) is 5. The van der Waals surface area contributed by atoms with Gasteiger partial charge in [0, 0.05) is 24.0 Å². The summed E-state index contributed by atoms with van der Waals surface area (Å²) in [6.45, 7) is 0.447. The number of halogens is 1. The highest BCUT2D eigenvalue weighted by molar-refractivity contribution is 6.08. The van der Waals surface area contributed by atoms with E-state index in [-0.39, 0.29) is 24.2 Å². The molecular weight excluding hydrogens is 363 g/mol. The summed E-state index contributed by atoms with van der Waals surface area (Å²) in [6, 6.07) is 9.16. The first-order chi connectivity index (χ1) is 13.4. The lowest BCUT2D eigenvalue weighted by Gasteiger charge is -2.25. The predicted octanol–water partition coefficient (Wildman–Crippen LogP) is 3.50. The van der Waals surface area contributed by atoms with Crippen molar-refractivity contribution in [2.75, 3.05) is 31.4 Å². The maximum atomic E-state index is 14.0. The fourth-order valence-corrected chi connectivity index (χ4v) is 3.61. The lowest BCUT2D eigenvalue weighted by Crippen LogP contribution is -2.32. The standard InChI is InChI=1S/C21H23FN2O4/c1-27-19-12-15(23)6-7-16(19)21(26)24-9-3-4-13(10-20(25)28-2)17-11-14(22)5-8-18(17)24/h5-8,11-13H,3-4,9-10,23H2,1-2H3. The molecule has 1 amide bonds. The summed E-state index contributed by atoms with van der Waals surface area (Å²) >= 11 is 0. The van der Waals surface area contributed by atoms with Crippen LogP contribution in [0.4, 0.5) is 15.8 Å². The molecule has 0 fully saturated rings. The summed E-state index contributed by atoms with van der Waals surface area (Å²) in [5.74, 6) is -0.870. The molecule has 2 aromatic carbocycles. The fraction of sp³-hybridized carbons (Fsp3) is 0.333. The van der Waals surface area contributed by atoms with Gasteiger partial charge in [-0.2, -0.15) is 0 Å².